The van der Waals surface area contributed by atoms with Crippen molar-refractivity contribution in [2.45, 2.75) is 30.5 Å². The molecule has 1 rings (SSSR count). The second-order valence-corrected chi connectivity index (χ2v) is 5.47. The molecule has 1 aromatic rings. The molecule has 16 heavy (non-hydrogen) atoms. The number of hydrogen-bond acceptors (Lipinski definition) is 5. The maximum absolute atomic E-state index is 4.48. The third-order valence-electron chi connectivity index (χ3n) is 2.33. The number of nitrogens with zero attached hydrogens (tertiary/aromatic N) is 2. The standard InChI is InChI=1S/C11H19N3S2/c1-5-8(2)7-16-10-6-9(12-3)13-11(14-10)15-4/h6,8H,5,7H2,1-4H3,(H,12,13,14). The molecule has 0 fully saturated rings. The summed E-state index contributed by atoms with van der Waals surface area (Å²) in [6.07, 6.45) is 3.21. The molecule has 0 amide bonds. The Labute approximate surface area is 106 Å². The Morgan fingerprint density at radius 1 is 1.44 bits per heavy atom. The third-order valence-corrected chi connectivity index (χ3v) is 4.12. The van der Waals surface area contributed by atoms with Crippen LogP contribution in [0.5, 0.6) is 0 Å². The zero-order chi connectivity index (χ0) is 12.0. The Morgan fingerprint density at radius 3 is 2.75 bits per heavy atom. The summed E-state index contributed by atoms with van der Waals surface area (Å²) in [6, 6.07) is 2.01. The van der Waals surface area contributed by atoms with Crippen molar-refractivity contribution >= 4 is 29.3 Å². The van der Waals surface area contributed by atoms with E-state index in [2.05, 4.69) is 29.1 Å². The molecule has 1 heterocycles. The van der Waals surface area contributed by atoms with E-state index in [0.29, 0.717) is 0 Å². The van der Waals surface area contributed by atoms with Crippen molar-refractivity contribution in [3.8, 4) is 0 Å². The second kappa shape index (κ2) is 7.01. The Hall–Kier alpha value is -0.420. The van der Waals surface area contributed by atoms with Gasteiger partial charge in [-0.15, -0.1) is 11.8 Å². The zero-order valence-corrected chi connectivity index (χ0v) is 11.9. The van der Waals surface area contributed by atoms with Gasteiger partial charge in [-0.25, -0.2) is 9.97 Å². The van der Waals surface area contributed by atoms with Crippen molar-refractivity contribution in [3.05, 3.63) is 6.07 Å². The molecule has 0 aliphatic heterocycles. The number of aromatic nitrogens is 2. The van der Waals surface area contributed by atoms with E-state index in [4.69, 9.17) is 0 Å². The van der Waals surface area contributed by atoms with Crippen LogP contribution in [0.3, 0.4) is 0 Å². The molecule has 0 radical (unpaired) electrons. The molecule has 0 aliphatic carbocycles. The summed E-state index contributed by atoms with van der Waals surface area (Å²) >= 11 is 3.38. The molecule has 0 bridgehead atoms. The number of thioether (sulfide) groups is 2. The molecular weight excluding hydrogens is 238 g/mol. The summed E-state index contributed by atoms with van der Waals surface area (Å²) in [7, 11) is 1.88. The van der Waals surface area contributed by atoms with Crippen LogP contribution in [-0.4, -0.2) is 29.0 Å². The molecule has 1 atom stereocenters. The predicted molar refractivity (Wildman–Crippen MR) is 73.5 cm³/mol. The van der Waals surface area contributed by atoms with Crippen molar-refractivity contribution in [2.75, 3.05) is 24.4 Å². The Balaban J connectivity index is 2.71. The average Bonchev–Trinajstić information content (AvgIpc) is 2.35. The highest BCUT2D eigenvalue weighted by atomic mass is 32.2. The molecule has 1 N–H and O–H groups in total. The third kappa shape index (κ3) is 4.22. The second-order valence-electron chi connectivity index (χ2n) is 3.65. The fourth-order valence-corrected chi connectivity index (χ4v) is 2.52. The van der Waals surface area contributed by atoms with Crippen molar-refractivity contribution in [3.63, 3.8) is 0 Å². The number of nitrogens with one attached hydrogen (secondary N) is 1. The Bertz CT molecular complexity index is 309. The molecule has 5 heteroatoms. The molecule has 0 aromatic carbocycles. The average molecular weight is 257 g/mol. The maximum atomic E-state index is 4.48. The number of anilines is 1. The van der Waals surface area contributed by atoms with Gasteiger partial charge < -0.3 is 5.32 Å². The topological polar surface area (TPSA) is 37.8 Å². The highest BCUT2D eigenvalue weighted by molar-refractivity contribution is 7.99. The van der Waals surface area contributed by atoms with Gasteiger partial charge in [0, 0.05) is 18.9 Å². The fraction of sp³-hybridized carbons (Fsp3) is 0.636. The SMILES string of the molecule is CCC(C)CSc1cc(NC)nc(SC)n1. The van der Waals surface area contributed by atoms with Gasteiger partial charge in [0.25, 0.3) is 0 Å². The van der Waals surface area contributed by atoms with E-state index in [1.54, 1.807) is 11.8 Å². The summed E-state index contributed by atoms with van der Waals surface area (Å²) in [5.74, 6) is 2.74. The number of rotatable bonds is 6. The largest absolute Gasteiger partial charge is 0.373 e. The normalized spacial score (nSPS) is 12.5. The summed E-state index contributed by atoms with van der Waals surface area (Å²) in [5, 5.41) is 4.96. The van der Waals surface area contributed by atoms with Crippen LogP contribution in [0.25, 0.3) is 0 Å². The van der Waals surface area contributed by atoms with E-state index in [9.17, 15) is 0 Å². The lowest BCUT2D eigenvalue weighted by Crippen LogP contribution is -1.99. The van der Waals surface area contributed by atoms with Gasteiger partial charge in [-0.05, 0) is 12.2 Å². The lowest BCUT2D eigenvalue weighted by Gasteiger charge is -2.09. The lowest BCUT2D eigenvalue weighted by molar-refractivity contribution is 0.636. The van der Waals surface area contributed by atoms with Crippen LogP contribution in [0.4, 0.5) is 5.82 Å². The van der Waals surface area contributed by atoms with Crippen LogP contribution < -0.4 is 5.32 Å². The first-order valence-corrected chi connectivity index (χ1v) is 7.64. The van der Waals surface area contributed by atoms with Gasteiger partial charge in [-0.1, -0.05) is 32.0 Å². The van der Waals surface area contributed by atoms with Crippen LogP contribution in [0.2, 0.25) is 0 Å². The van der Waals surface area contributed by atoms with Crippen LogP contribution in [0.15, 0.2) is 16.2 Å². The van der Waals surface area contributed by atoms with E-state index in [-0.39, 0.29) is 0 Å². The van der Waals surface area contributed by atoms with E-state index in [1.807, 2.05) is 31.1 Å². The monoisotopic (exact) mass is 257 g/mol. The molecule has 90 valence electrons. The lowest BCUT2D eigenvalue weighted by atomic mass is 10.2. The van der Waals surface area contributed by atoms with Crippen LogP contribution in [-0.2, 0) is 0 Å². The zero-order valence-electron chi connectivity index (χ0n) is 10.3. The van der Waals surface area contributed by atoms with Gasteiger partial charge >= 0.3 is 0 Å². The van der Waals surface area contributed by atoms with Crippen molar-refractivity contribution in [1.29, 1.82) is 0 Å². The summed E-state index contributed by atoms with van der Waals surface area (Å²) < 4.78 is 0. The first-order chi connectivity index (χ1) is 7.69. The molecule has 0 spiro atoms. The highest BCUT2D eigenvalue weighted by Gasteiger charge is 2.05. The quantitative estimate of drug-likeness (QED) is 0.480. The van der Waals surface area contributed by atoms with E-state index >= 15 is 0 Å². The van der Waals surface area contributed by atoms with Gasteiger partial charge in [0.1, 0.15) is 10.8 Å². The van der Waals surface area contributed by atoms with Gasteiger partial charge in [0.15, 0.2) is 5.16 Å². The Kier molecular flexibility index (Phi) is 5.98. The minimum Gasteiger partial charge on any atom is -0.373 e. The smallest absolute Gasteiger partial charge is 0.190 e. The number of hydrogen-bond donors (Lipinski definition) is 1. The Morgan fingerprint density at radius 2 is 2.19 bits per heavy atom. The van der Waals surface area contributed by atoms with E-state index in [1.165, 1.54) is 6.42 Å². The predicted octanol–water partition coefficient (Wildman–Crippen LogP) is 3.38. The van der Waals surface area contributed by atoms with Gasteiger partial charge in [-0.3, -0.25) is 0 Å². The van der Waals surface area contributed by atoms with Gasteiger partial charge in [-0.2, -0.15) is 0 Å². The molecular formula is C11H19N3S2. The summed E-state index contributed by atoms with van der Waals surface area (Å²) in [4.78, 5) is 8.83. The highest BCUT2D eigenvalue weighted by Crippen LogP contribution is 2.24. The molecule has 1 aromatic heterocycles. The first kappa shape index (κ1) is 13.6. The molecule has 0 saturated carbocycles. The molecule has 0 aliphatic rings. The molecule has 3 nitrogen and oxygen atoms in total. The van der Waals surface area contributed by atoms with Crippen LogP contribution in [0, 0.1) is 5.92 Å². The fourth-order valence-electron chi connectivity index (χ4n) is 1.04. The molecule has 0 saturated heterocycles. The van der Waals surface area contributed by atoms with Crippen molar-refractivity contribution < 1.29 is 0 Å². The summed E-state index contributed by atoms with van der Waals surface area (Å²) in [6.45, 7) is 4.49. The van der Waals surface area contributed by atoms with Crippen molar-refractivity contribution in [1.82, 2.24) is 9.97 Å². The minimum absolute atomic E-state index is 0.732. The summed E-state index contributed by atoms with van der Waals surface area (Å²) in [5.41, 5.74) is 0. The van der Waals surface area contributed by atoms with Crippen molar-refractivity contribution in [2.24, 2.45) is 5.92 Å². The van der Waals surface area contributed by atoms with Crippen LogP contribution in [0.1, 0.15) is 20.3 Å². The maximum Gasteiger partial charge on any atom is 0.190 e. The van der Waals surface area contributed by atoms with E-state index < -0.39 is 0 Å². The van der Waals surface area contributed by atoms with E-state index in [0.717, 1.165) is 27.7 Å². The van der Waals surface area contributed by atoms with Crippen LogP contribution >= 0.6 is 23.5 Å². The first-order valence-electron chi connectivity index (χ1n) is 5.43. The molecule has 1 unspecified atom stereocenters. The van der Waals surface area contributed by atoms with Gasteiger partial charge in [0.05, 0.1) is 0 Å². The minimum atomic E-state index is 0.732. The van der Waals surface area contributed by atoms with Gasteiger partial charge in [0.2, 0.25) is 0 Å².